The van der Waals surface area contributed by atoms with Crippen molar-refractivity contribution < 1.29 is 19.1 Å². The molecule has 3 rings (SSSR count). The monoisotopic (exact) mass is 364 g/mol. The number of hydrogen-bond donors (Lipinski definition) is 0. The Hall–Kier alpha value is -2.88. The van der Waals surface area contributed by atoms with Gasteiger partial charge in [0.1, 0.15) is 5.57 Å². The van der Waals surface area contributed by atoms with Crippen molar-refractivity contribution in [2.24, 2.45) is 0 Å². The highest BCUT2D eigenvalue weighted by Crippen LogP contribution is 2.28. The van der Waals surface area contributed by atoms with Crippen LogP contribution in [0.3, 0.4) is 0 Å². The third kappa shape index (κ3) is 4.27. The maximum Gasteiger partial charge on any atom is 0.348 e. The molecule has 2 aromatic carbocycles. The second kappa shape index (κ2) is 6.69. The Morgan fingerprint density at radius 3 is 2.00 bits per heavy atom. The number of esters is 2. The van der Waals surface area contributed by atoms with E-state index in [2.05, 4.69) is 45.0 Å². The smallest absolute Gasteiger partial charge is 0.348 e. The largest absolute Gasteiger partial charge is 0.419 e. The van der Waals surface area contributed by atoms with Crippen molar-refractivity contribution in [3.63, 3.8) is 0 Å². The Bertz CT molecular complexity index is 890. The minimum absolute atomic E-state index is 0.0975. The highest BCUT2D eigenvalue weighted by Gasteiger charge is 2.38. The third-order valence-corrected chi connectivity index (χ3v) is 4.40. The van der Waals surface area contributed by atoms with Gasteiger partial charge in [-0.1, -0.05) is 63.2 Å². The van der Waals surface area contributed by atoms with Crippen LogP contribution in [0, 0.1) is 0 Å². The summed E-state index contributed by atoms with van der Waals surface area (Å²) in [4.78, 5) is 24.2. The average molecular weight is 364 g/mol. The predicted octanol–water partition coefficient (Wildman–Crippen LogP) is 4.87. The summed E-state index contributed by atoms with van der Waals surface area (Å²) in [6, 6.07) is 16.1. The van der Waals surface area contributed by atoms with Crippen molar-refractivity contribution in [2.45, 2.75) is 45.8 Å². The molecule has 140 valence electrons. The molecule has 0 aromatic heterocycles. The molecule has 4 nitrogen and oxygen atoms in total. The molecule has 1 heterocycles. The molecule has 1 saturated heterocycles. The molecule has 27 heavy (non-hydrogen) atoms. The topological polar surface area (TPSA) is 52.6 Å². The Morgan fingerprint density at radius 1 is 0.852 bits per heavy atom. The minimum Gasteiger partial charge on any atom is -0.419 e. The van der Waals surface area contributed by atoms with E-state index < -0.39 is 17.7 Å². The molecule has 0 saturated carbocycles. The van der Waals surface area contributed by atoms with Crippen molar-refractivity contribution in [1.29, 1.82) is 0 Å². The van der Waals surface area contributed by atoms with Crippen LogP contribution in [0.15, 0.2) is 54.1 Å². The number of carbonyl (C=O) groups excluding carboxylic acids is 2. The number of hydrogen-bond acceptors (Lipinski definition) is 4. The molecule has 0 amide bonds. The Morgan fingerprint density at radius 2 is 1.44 bits per heavy atom. The van der Waals surface area contributed by atoms with Gasteiger partial charge in [-0.3, -0.25) is 0 Å². The molecule has 2 aromatic rings. The van der Waals surface area contributed by atoms with Crippen LogP contribution in [-0.2, 0) is 24.5 Å². The van der Waals surface area contributed by atoms with Crippen LogP contribution < -0.4 is 0 Å². The first kappa shape index (κ1) is 18.9. The minimum atomic E-state index is -1.23. The van der Waals surface area contributed by atoms with E-state index >= 15 is 0 Å². The Kier molecular flexibility index (Phi) is 4.68. The van der Waals surface area contributed by atoms with Crippen LogP contribution in [0.25, 0.3) is 17.2 Å². The lowest BCUT2D eigenvalue weighted by atomic mass is 9.86. The Labute approximate surface area is 159 Å². The van der Waals surface area contributed by atoms with Crippen molar-refractivity contribution in [1.82, 2.24) is 0 Å². The molecule has 0 unspecified atom stereocenters. The van der Waals surface area contributed by atoms with Gasteiger partial charge in [-0.25, -0.2) is 9.59 Å². The van der Waals surface area contributed by atoms with Gasteiger partial charge < -0.3 is 9.47 Å². The van der Waals surface area contributed by atoms with E-state index in [1.165, 1.54) is 25.5 Å². The fourth-order valence-electron chi connectivity index (χ4n) is 2.92. The molecule has 4 heteroatoms. The molecule has 0 atom stereocenters. The highest BCUT2D eigenvalue weighted by atomic mass is 16.7. The number of cyclic esters (lactones) is 2. The maximum absolute atomic E-state index is 12.1. The summed E-state index contributed by atoms with van der Waals surface area (Å²) in [7, 11) is 0. The lowest BCUT2D eigenvalue weighted by Gasteiger charge is -2.29. The quantitative estimate of drug-likeness (QED) is 0.433. The zero-order valence-corrected chi connectivity index (χ0v) is 16.3. The molecule has 1 aliphatic heterocycles. The van der Waals surface area contributed by atoms with Gasteiger partial charge in [0.2, 0.25) is 0 Å². The zero-order valence-electron chi connectivity index (χ0n) is 16.3. The fourth-order valence-corrected chi connectivity index (χ4v) is 2.92. The highest BCUT2D eigenvalue weighted by molar-refractivity contribution is 6.18. The summed E-state index contributed by atoms with van der Waals surface area (Å²) in [6.45, 7) is 9.60. The van der Waals surface area contributed by atoms with Gasteiger partial charge >= 0.3 is 11.9 Å². The van der Waals surface area contributed by atoms with Crippen molar-refractivity contribution >= 4 is 18.0 Å². The summed E-state index contributed by atoms with van der Waals surface area (Å²) < 4.78 is 10.3. The van der Waals surface area contributed by atoms with Gasteiger partial charge in [0, 0.05) is 13.8 Å². The second-order valence-corrected chi connectivity index (χ2v) is 8.19. The van der Waals surface area contributed by atoms with Crippen LogP contribution >= 0.6 is 0 Å². The number of rotatable bonds is 2. The van der Waals surface area contributed by atoms with Crippen LogP contribution in [0.4, 0.5) is 0 Å². The van der Waals surface area contributed by atoms with Gasteiger partial charge in [-0.15, -0.1) is 0 Å². The summed E-state index contributed by atoms with van der Waals surface area (Å²) >= 11 is 0. The molecule has 0 radical (unpaired) electrons. The number of ether oxygens (including phenoxy) is 2. The first-order valence-electron chi connectivity index (χ1n) is 8.94. The molecular formula is C23H24O4. The third-order valence-electron chi connectivity index (χ3n) is 4.40. The van der Waals surface area contributed by atoms with Crippen LogP contribution in [0.5, 0.6) is 0 Å². The molecule has 1 aliphatic rings. The fraction of sp³-hybridized carbons (Fsp3) is 0.304. The van der Waals surface area contributed by atoms with E-state index in [1.807, 2.05) is 24.3 Å². The SMILES string of the molecule is CC1(C)OC(=O)C(=Cc2cccc(-c3ccc(C(C)(C)C)cc3)c2)C(=O)O1. The standard InChI is InChI=1S/C23H24O4/c1-22(2,3)18-11-9-16(10-12-18)17-8-6-7-15(13-17)14-19-20(24)26-23(4,5)27-21(19)25/h6-14H,1-5H3. The van der Waals surface area contributed by atoms with E-state index in [4.69, 9.17) is 9.47 Å². The average Bonchev–Trinajstić information content (AvgIpc) is 2.57. The zero-order chi connectivity index (χ0) is 19.8. The van der Waals surface area contributed by atoms with E-state index in [9.17, 15) is 9.59 Å². The van der Waals surface area contributed by atoms with E-state index in [1.54, 1.807) is 0 Å². The molecule has 0 aliphatic carbocycles. The predicted molar refractivity (Wildman–Crippen MR) is 105 cm³/mol. The first-order chi connectivity index (χ1) is 12.5. The molecule has 0 spiro atoms. The normalized spacial score (nSPS) is 16.6. The maximum atomic E-state index is 12.1. The van der Waals surface area contributed by atoms with Crippen molar-refractivity contribution in [3.8, 4) is 11.1 Å². The van der Waals surface area contributed by atoms with Gasteiger partial charge in [0.05, 0.1) is 0 Å². The molecule has 0 bridgehead atoms. The Balaban J connectivity index is 1.90. The number of carbonyl (C=O) groups is 2. The van der Waals surface area contributed by atoms with E-state index in [0.29, 0.717) is 0 Å². The summed E-state index contributed by atoms with van der Waals surface area (Å²) in [5.74, 6) is -2.57. The van der Waals surface area contributed by atoms with Gasteiger partial charge in [-0.05, 0) is 39.8 Å². The van der Waals surface area contributed by atoms with E-state index in [-0.39, 0.29) is 11.0 Å². The molecular weight excluding hydrogens is 340 g/mol. The molecule has 0 N–H and O–H groups in total. The summed E-state index contributed by atoms with van der Waals surface area (Å²) in [6.07, 6.45) is 1.51. The first-order valence-corrected chi connectivity index (χ1v) is 8.94. The van der Waals surface area contributed by atoms with Crippen LogP contribution in [0.1, 0.15) is 45.7 Å². The lowest BCUT2D eigenvalue weighted by Crippen LogP contribution is -2.41. The summed E-state index contributed by atoms with van der Waals surface area (Å²) in [5.41, 5.74) is 4.06. The van der Waals surface area contributed by atoms with Gasteiger partial charge in [0.15, 0.2) is 0 Å². The van der Waals surface area contributed by atoms with Crippen LogP contribution in [0.2, 0.25) is 0 Å². The van der Waals surface area contributed by atoms with Gasteiger partial charge in [0.25, 0.3) is 5.79 Å². The van der Waals surface area contributed by atoms with Crippen LogP contribution in [-0.4, -0.2) is 17.7 Å². The molecule has 1 fully saturated rings. The van der Waals surface area contributed by atoms with Crippen molar-refractivity contribution in [3.05, 3.63) is 65.2 Å². The second-order valence-electron chi connectivity index (χ2n) is 8.19. The van der Waals surface area contributed by atoms with Gasteiger partial charge in [-0.2, -0.15) is 0 Å². The van der Waals surface area contributed by atoms with E-state index in [0.717, 1.165) is 16.7 Å². The lowest BCUT2D eigenvalue weighted by molar-refractivity contribution is -0.222. The van der Waals surface area contributed by atoms with Crippen molar-refractivity contribution in [2.75, 3.05) is 0 Å². The summed E-state index contributed by atoms with van der Waals surface area (Å²) in [5, 5.41) is 0. The number of benzene rings is 2.